The Bertz CT molecular complexity index is 637. The third-order valence-electron chi connectivity index (χ3n) is 2.71. The molecule has 0 fully saturated rings. The van der Waals surface area contributed by atoms with Crippen LogP contribution >= 0.6 is 7.60 Å². The van der Waals surface area contributed by atoms with Gasteiger partial charge in [0.2, 0.25) is 6.79 Å². The number of para-hydroxylation sites is 1. The SMILES string of the molecule is CC(C)=C/C=C/P(=O)(OCOC(=O)C(C)(C)C)Oc1ccccc1. The van der Waals surface area contributed by atoms with Crippen molar-refractivity contribution >= 4 is 13.6 Å². The van der Waals surface area contributed by atoms with Gasteiger partial charge in [-0.25, -0.2) is 4.57 Å². The maximum absolute atomic E-state index is 12.8. The largest absolute Gasteiger partial charge is 0.438 e. The second-order valence-electron chi connectivity index (χ2n) is 6.46. The van der Waals surface area contributed by atoms with Crippen LogP contribution in [0.25, 0.3) is 0 Å². The summed E-state index contributed by atoms with van der Waals surface area (Å²) in [6, 6.07) is 8.69. The third-order valence-corrected chi connectivity index (χ3v) is 4.18. The first kappa shape index (κ1) is 20.2. The van der Waals surface area contributed by atoms with Crippen molar-refractivity contribution in [3.05, 3.63) is 53.9 Å². The average Bonchev–Trinajstić information content (AvgIpc) is 2.46. The molecule has 0 bridgehead atoms. The van der Waals surface area contributed by atoms with Gasteiger partial charge < -0.3 is 9.26 Å². The molecule has 132 valence electrons. The topological polar surface area (TPSA) is 61.8 Å². The van der Waals surface area contributed by atoms with E-state index in [2.05, 4.69) is 0 Å². The zero-order valence-electron chi connectivity index (χ0n) is 14.8. The van der Waals surface area contributed by atoms with Crippen molar-refractivity contribution in [1.82, 2.24) is 0 Å². The Balaban J connectivity index is 2.81. The van der Waals surface area contributed by atoms with Gasteiger partial charge in [-0.1, -0.05) is 35.9 Å². The molecule has 0 aliphatic heterocycles. The normalized spacial score (nSPS) is 14.0. The van der Waals surface area contributed by atoms with Gasteiger partial charge in [-0.3, -0.25) is 9.32 Å². The first-order valence-corrected chi connectivity index (χ1v) is 9.22. The van der Waals surface area contributed by atoms with Crippen LogP contribution < -0.4 is 4.52 Å². The molecule has 0 aromatic heterocycles. The number of benzene rings is 1. The predicted molar refractivity (Wildman–Crippen MR) is 94.7 cm³/mol. The molecule has 0 aliphatic carbocycles. The number of hydrogen-bond acceptors (Lipinski definition) is 5. The molecule has 5 nitrogen and oxygen atoms in total. The van der Waals surface area contributed by atoms with Gasteiger partial charge in [-0.2, -0.15) is 0 Å². The van der Waals surface area contributed by atoms with E-state index in [0.717, 1.165) is 5.57 Å². The molecule has 0 heterocycles. The van der Waals surface area contributed by atoms with Crippen molar-refractivity contribution in [2.75, 3.05) is 6.79 Å². The Kier molecular flexibility index (Phi) is 7.46. The first-order valence-electron chi connectivity index (χ1n) is 7.61. The van der Waals surface area contributed by atoms with Crippen LogP contribution in [0.2, 0.25) is 0 Å². The summed E-state index contributed by atoms with van der Waals surface area (Å²) in [5.74, 6) is 1.31. The van der Waals surface area contributed by atoms with Crippen LogP contribution in [0.3, 0.4) is 0 Å². The lowest BCUT2D eigenvalue weighted by Gasteiger charge is -2.19. The van der Waals surface area contributed by atoms with Gasteiger partial charge in [0.15, 0.2) is 0 Å². The Morgan fingerprint density at radius 2 is 1.79 bits per heavy atom. The van der Waals surface area contributed by atoms with E-state index in [0.29, 0.717) is 5.75 Å². The monoisotopic (exact) mass is 352 g/mol. The number of hydrogen-bond donors (Lipinski definition) is 0. The highest BCUT2D eigenvalue weighted by atomic mass is 31.2. The van der Waals surface area contributed by atoms with Gasteiger partial charge >= 0.3 is 13.6 Å². The quantitative estimate of drug-likeness (QED) is 0.288. The fourth-order valence-electron chi connectivity index (χ4n) is 1.44. The molecule has 1 aromatic rings. The van der Waals surface area contributed by atoms with Gasteiger partial charge in [0.25, 0.3) is 0 Å². The summed E-state index contributed by atoms with van der Waals surface area (Å²) in [6.45, 7) is 8.57. The first-order chi connectivity index (χ1) is 11.1. The van der Waals surface area contributed by atoms with Crippen LogP contribution in [-0.4, -0.2) is 12.8 Å². The lowest BCUT2D eigenvalue weighted by Crippen LogP contribution is -2.23. The van der Waals surface area contributed by atoms with E-state index in [4.69, 9.17) is 13.8 Å². The summed E-state index contributed by atoms with van der Waals surface area (Å²) in [5, 5.41) is 0. The summed E-state index contributed by atoms with van der Waals surface area (Å²) < 4.78 is 28.6. The number of ether oxygens (including phenoxy) is 1. The Morgan fingerprint density at radius 3 is 2.33 bits per heavy atom. The van der Waals surface area contributed by atoms with Crippen molar-refractivity contribution in [3.63, 3.8) is 0 Å². The lowest BCUT2D eigenvalue weighted by molar-refractivity contribution is -0.159. The molecular formula is C18H25O5P. The minimum Gasteiger partial charge on any atom is -0.438 e. The summed E-state index contributed by atoms with van der Waals surface area (Å²) in [6.07, 6.45) is 3.39. The van der Waals surface area contributed by atoms with Gasteiger partial charge in [0, 0.05) is 5.82 Å². The van der Waals surface area contributed by atoms with E-state index < -0.39 is 25.8 Å². The highest BCUT2D eigenvalue weighted by Gasteiger charge is 2.26. The van der Waals surface area contributed by atoms with Crippen LogP contribution in [0.15, 0.2) is 53.9 Å². The number of carbonyl (C=O) groups is 1. The Hall–Kier alpha value is -1.84. The molecule has 1 unspecified atom stereocenters. The number of carbonyl (C=O) groups excluding carboxylic acids is 1. The molecule has 1 rings (SSSR count). The second kappa shape index (κ2) is 8.86. The zero-order valence-corrected chi connectivity index (χ0v) is 15.7. The van der Waals surface area contributed by atoms with Gasteiger partial charge in [-0.15, -0.1) is 0 Å². The lowest BCUT2D eigenvalue weighted by atomic mass is 9.98. The van der Waals surface area contributed by atoms with Crippen LogP contribution in [0.4, 0.5) is 0 Å². The number of allylic oxidation sites excluding steroid dienone is 3. The summed E-state index contributed by atoms with van der Waals surface area (Å²) in [5.41, 5.74) is 0.377. The summed E-state index contributed by atoms with van der Waals surface area (Å²) in [7, 11) is -3.61. The van der Waals surface area contributed by atoms with Crippen LogP contribution in [-0.2, 0) is 18.6 Å². The molecule has 0 saturated carbocycles. The minimum atomic E-state index is -3.61. The summed E-state index contributed by atoms with van der Waals surface area (Å²) >= 11 is 0. The van der Waals surface area contributed by atoms with Crippen molar-refractivity contribution in [2.45, 2.75) is 34.6 Å². The van der Waals surface area contributed by atoms with Crippen molar-refractivity contribution in [2.24, 2.45) is 5.41 Å². The molecular weight excluding hydrogens is 327 g/mol. The molecule has 1 aromatic carbocycles. The number of rotatable bonds is 7. The van der Waals surface area contributed by atoms with E-state index >= 15 is 0 Å². The van der Waals surface area contributed by atoms with E-state index in [1.54, 1.807) is 57.2 Å². The zero-order chi connectivity index (χ0) is 18.2. The fraction of sp³-hybridized carbons (Fsp3) is 0.389. The van der Waals surface area contributed by atoms with Crippen LogP contribution in [0.1, 0.15) is 34.6 Å². The predicted octanol–water partition coefficient (Wildman–Crippen LogP) is 5.30. The van der Waals surface area contributed by atoms with E-state index in [9.17, 15) is 9.36 Å². The smallest absolute Gasteiger partial charge is 0.406 e. The molecule has 24 heavy (non-hydrogen) atoms. The minimum absolute atomic E-state index is 0.407. The van der Waals surface area contributed by atoms with Gasteiger partial charge in [0.1, 0.15) is 5.75 Å². The third kappa shape index (κ3) is 7.62. The molecule has 0 N–H and O–H groups in total. The Morgan fingerprint density at radius 1 is 1.17 bits per heavy atom. The maximum atomic E-state index is 12.8. The molecule has 0 saturated heterocycles. The molecule has 6 heteroatoms. The van der Waals surface area contributed by atoms with E-state index in [1.165, 1.54) is 5.82 Å². The Labute approximate surface area is 143 Å². The molecule has 0 amide bonds. The number of esters is 1. The molecule has 0 spiro atoms. The average molecular weight is 352 g/mol. The molecule has 0 aliphatic rings. The van der Waals surface area contributed by atoms with E-state index in [-0.39, 0.29) is 0 Å². The van der Waals surface area contributed by atoms with E-state index in [1.807, 2.05) is 19.9 Å². The fourth-order valence-corrected chi connectivity index (χ4v) is 2.55. The highest BCUT2D eigenvalue weighted by Crippen LogP contribution is 2.49. The van der Waals surface area contributed by atoms with Gasteiger partial charge in [0.05, 0.1) is 5.41 Å². The second-order valence-corrected chi connectivity index (χ2v) is 8.28. The maximum Gasteiger partial charge on any atom is 0.406 e. The molecule has 1 atom stereocenters. The van der Waals surface area contributed by atoms with Crippen molar-refractivity contribution in [1.29, 1.82) is 0 Å². The standard InChI is InChI=1S/C18H25O5P/c1-15(2)10-9-13-24(20,23-16-11-7-6-8-12-16)22-14-21-17(19)18(3,4)5/h6-13H,14H2,1-5H3/b13-9+. The summed E-state index contributed by atoms with van der Waals surface area (Å²) in [4.78, 5) is 11.8. The van der Waals surface area contributed by atoms with Crippen molar-refractivity contribution in [3.8, 4) is 5.75 Å². The molecule has 0 radical (unpaired) electrons. The van der Waals surface area contributed by atoms with Crippen LogP contribution in [0.5, 0.6) is 5.75 Å². The highest BCUT2D eigenvalue weighted by molar-refractivity contribution is 7.57. The van der Waals surface area contributed by atoms with Crippen molar-refractivity contribution < 1.29 is 23.1 Å². The van der Waals surface area contributed by atoms with Gasteiger partial charge in [-0.05, 0) is 46.8 Å². The van der Waals surface area contributed by atoms with Crippen LogP contribution in [0, 0.1) is 5.41 Å².